The Bertz CT molecular complexity index is 845. The van der Waals surface area contributed by atoms with Gasteiger partial charge in [-0.2, -0.15) is 0 Å². The van der Waals surface area contributed by atoms with Gasteiger partial charge in [0.15, 0.2) is 5.13 Å². The molecule has 0 aliphatic heterocycles. The minimum absolute atomic E-state index is 0.00341. The summed E-state index contributed by atoms with van der Waals surface area (Å²) in [7, 11) is 0. The lowest BCUT2D eigenvalue weighted by atomic mass is 9.81. The first-order valence-electron chi connectivity index (χ1n) is 9.84. The highest BCUT2D eigenvalue weighted by atomic mass is 32.1. The second-order valence-corrected chi connectivity index (χ2v) is 8.21. The number of hydrogen-bond donors (Lipinski definition) is 3. The molecule has 0 atom stereocenters. The Morgan fingerprint density at radius 3 is 2.45 bits per heavy atom. The highest BCUT2D eigenvalue weighted by molar-refractivity contribution is 7.13. The predicted octanol–water partition coefficient (Wildman–Crippen LogP) is 2.74. The molecule has 1 aliphatic carbocycles. The third-order valence-electron chi connectivity index (χ3n) is 5.10. The van der Waals surface area contributed by atoms with Gasteiger partial charge in [-0.05, 0) is 50.7 Å². The number of benzene rings is 1. The first-order valence-corrected chi connectivity index (χ1v) is 10.7. The molecule has 3 N–H and O–H groups in total. The fourth-order valence-corrected chi connectivity index (χ4v) is 4.11. The second-order valence-electron chi connectivity index (χ2n) is 7.35. The van der Waals surface area contributed by atoms with Crippen LogP contribution in [0.2, 0.25) is 0 Å². The van der Waals surface area contributed by atoms with Gasteiger partial charge in [0.2, 0.25) is 11.8 Å². The van der Waals surface area contributed by atoms with Crippen molar-refractivity contribution >= 4 is 34.2 Å². The lowest BCUT2D eigenvalue weighted by Gasteiger charge is -2.27. The first-order chi connectivity index (χ1) is 14.0. The fourth-order valence-electron chi connectivity index (χ4n) is 3.42. The summed E-state index contributed by atoms with van der Waals surface area (Å²) < 4.78 is 0. The van der Waals surface area contributed by atoms with Crippen LogP contribution in [-0.2, 0) is 9.59 Å². The molecule has 0 bridgehead atoms. The van der Waals surface area contributed by atoms with E-state index >= 15 is 0 Å². The molecule has 2 aromatic rings. The monoisotopic (exact) mass is 414 g/mol. The molecule has 3 rings (SSSR count). The predicted molar refractivity (Wildman–Crippen MR) is 113 cm³/mol. The summed E-state index contributed by atoms with van der Waals surface area (Å²) in [5.74, 6) is -0.0762. The van der Waals surface area contributed by atoms with E-state index in [0.717, 1.165) is 31.4 Å². The number of rotatable bonds is 7. The Balaban J connectivity index is 1.32. The number of amides is 3. The maximum absolute atomic E-state index is 12.4. The Morgan fingerprint density at radius 1 is 1.07 bits per heavy atom. The Kier molecular flexibility index (Phi) is 7.35. The van der Waals surface area contributed by atoms with Crippen molar-refractivity contribution in [1.29, 1.82) is 0 Å². The average Bonchev–Trinajstić information content (AvgIpc) is 3.16. The number of hydrogen-bond acceptors (Lipinski definition) is 5. The lowest BCUT2D eigenvalue weighted by molar-refractivity contribution is -0.122. The number of carbonyl (C=O) groups excluding carboxylic acids is 3. The smallest absolute Gasteiger partial charge is 0.251 e. The Hall–Kier alpha value is -2.74. The van der Waals surface area contributed by atoms with Crippen LogP contribution in [0.25, 0.3) is 0 Å². The quantitative estimate of drug-likeness (QED) is 0.649. The van der Waals surface area contributed by atoms with Crippen LogP contribution in [0.1, 0.15) is 41.7 Å². The number of aryl methyl sites for hydroxylation is 1. The molecule has 154 valence electrons. The Morgan fingerprint density at radius 2 is 1.79 bits per heavy atom. The molecule has 0 spiro atoms. The summed E-state index contributed by atoms with van der Waals surface area (Å²) in [6.45, 7) is 2.43. The molecule has 0 unspecified atom stereocenters. The summed E-state index contributed by atoms with van der Waals surface area (Å²) in [4.78, 5) is 40.6. The molecule has 8 heteroatoms. The van der Waals surface area contributed by atoms with Gasteiger partial charge in [0.25, 0.3) is 5.91 Å². The number of carbonyl (C=O) groups is 3. The summed E-state index contributed by atoms with van der Waals surface area (Å²) in [5.41, 5.74) is 1.44. The lowest BCUT2D eigenvalue weighted by Crippen LogP contribution is -2.39. The summed E-state index contributed by atoms with van der Waals surface area (Å²) in [6, 6.07) is 8.81. The number of aromatic nitrogens is 1. The second kappa shape index (κ2) is 10.2. The molecule has 1 fully saturated rings. The zero-order valence-corrected chi connectivity index (χ0v) is 17.3. The summed E-state index contributed by atoms with van der Waals surface area (Å²) in [5, 5.41) is 11.0. The van der Waals surface area contributed by atoms with Gasteiger partial charge < -0.3 is 16.0 Å². The van der Waals surface area contributed by atoms with Gasteiger partial charge in [-0.25, -0.2) is 4.98 Å². The van der Waals surface area contributed by atoms with Crippen molar-refractivity contribution in [2.75, 3.05) is 18.4 Å². The van der Waals surface area contributed by atoms with Crippen molar-refractivity contribution in [3.8, 4) is 0 Å². The van der Waals surface area contributed by atoms with Crippen LogP contribution in [0.5, 0.6) is 0 Å². The van der Waals surface area contributed by atoms with E-state index < -0.39 is 0 Å². The van der Waals surface area contributed by atoms with Gasteiger partial charge in [0.1, 0.15) is 0 Å². The van der Waals surface area contributed by atoms with Crippen molar-refractivity contribution < 1.29 is 14.4 Å². The van der Waals surface area contributed by atoms with Crippen LogP contribution in [0.15, 0.2) is 35.7 Å². The molecular weight excluding hydrogens is 388 g/mol. The van der Waals surface area contributed by atoms with Crippen LogP contribution in [0, 0.1) is 18.8 Å². The van der Waals surface area contributed by atoms with Gasteiger partial charge in [-0.1, -0.05) is 18.2 Å². The van der Waals surface area contributed by atoms with E-state index in [2.05, 4.69) is 20.9 Å². The highest BCUT2D eigenvalue weighted by Crippen LogP contribution is 2.29. The van der Waals surface area contributed by atoms with E-state index in [1.54, 1.807) is 24.3 Å². The standard InChI is InChI=1S/C21H26N4O3S/c1-14-13-29-21(24-14)25-20(28)17-9-7-15(8-10-17)11-22-18(26)12-23-19(27)16-5-3-2-4-6-16/h2-6,13,15,17H,7-12H2,1H3,(H,22,26)(H,23,27)(H,24,25,28). The number of nitrogens with one attached hydrogen (secondary N) is 3. The van der Waals surface area contributed by atoms with E-state index in [1.807, 2.05) is 18.4 Å². The third-order valence-corrected chi connectivity index (χ3v) is 5.98. The van der Waals surface area contributed by atoms with Gasteiger partial charge >= 0.3 is 0 Å². The van der Waals surface area contributed by atoms with E-state index in [1.165, 1.54) is 11.3 Å². The molecule has 7 nitrogen and oxygen atoms in total. The molecule has 0 radical (unpaired) electrons. The van der Waals surface area contributed by atoms with Gasteiger partial charge in [-0.15, -0.1) is 11.3 Å². The van der Waals surface area contributed by atoms with Crippen molar-refractivity contribution in [1.82, 2.24) is 15.6 Å². The maximum atomic E-state index is 12.4. The highest BCUT2D eigenvalue weighted by Gasteiger charge is 2.27. The molecule has 0 saturated heterocycles. The molecule has 3 amide bonds. The van der Waals surface area contributed by atoms with Crippen molar-refractivity contribution in [3.63, 3.8) is 0 Å². The van der Waals surface area contributed by atoms with Gasteiger partial charge in [0, 0.05) is 23.4 Å². The van der Waals surface area contributed by atoms with E-state index in [0.29, 0.717) is 23.2 Å². The molecule has 1 aromatic carbocycles. The van der Waals surface area contributed by atoms with Gasteiger partial charge in [-0.3, -0.25) is 14.4 Å². The van der Waals surface area contributed by atoms with E-state index in [9.17, 15) is 14.4 Å². The van der Waals surface area contributed by atoms with Crippen LogP contribution in [0.4, 0.5) is 5.13 Å². The van der Waals surface area contributed by atoms with Crippen molar-refractivity contribution in [2.24, 2.45) is 11.8 Å². The zero-order chi connectivity index (χ0) is 20.6. The third kappa shape index (κ3) is 6.39. The van der Waals surface area contributed by atoms with Crippen LogP contribution in [-0.4, -0.2) is 35.8 Å². The topological polar surface area (TPSA) is 100 Å². The molecular formula is C21H26N4O3S. The number of nitrogens with zero attached hydrogens (tertiary/aromatic N) is 1. The molecule has 1 aromatic heterocycles. The SMILES string of the molecule is Cc1csc(NC(=O)C2CCC(CNC(=O)CNC(=O)c3ccccc3)CC2)n1. The normalized spacial score (nSPS) is 18.7. The van der Waals surface area contributed by atoms with Gasteiger partial charge in [0.05, 0.1) is 12.2 Å². The molecule has 1 saturated carbocycles. The van der Waals surface area contributed by atoms with E-state index in [4.69, 9.17) is 0 Å². The summed E-state index contributed by atoms with van der Waals surface area (Å²) in [6.07, 6.45) is 3.40. The summed E-state index contributed by atoms with van der Waals surface area (Å²) >= 11 is 1.44. The molecule has 1 aliphatic rings. The largest absolute Gasteiger partial charge is 0.354 e. The minimum Gasteiger partial charge on any atom is -0.354 e. The van der Waals surface area contributed by atoms with Crippen molar-refractivity contribution in [2.45, 2.75) is 32.6 Å². The van der Waals surface area contributed by atoms with Crippen LogP contribution >= 0.6 is 11.3 Å². The maximum Gasteiger partial charge on any atom is 0.251 e. The first kappa shape index (κ1) is 21.0. The fraction of sp³-hybridized carbons (Fsp3) is 0.429. The zero-order valence-electron chi connectivity index (χ0n) is 16.4. The Labute approximate surface area is 174 Å². The van der Waals surface area contributed by atoms with E-state index in [-0.39, 0.29) is 30.2 Å². The average molecular weight is 415 g/mol. The molecule has 1 heterocycles. The number of thiazole rings is 1. The number of anilines is 1. The van der Waals surface area contributed by atoms with Crippen LogP contribution in [0.3, 0.4) is 0 Å². The molecule has 29 heavy (non-hydrogen) atoms. The van der Waals surface area contributed by atoms with Crippen LogP contribution < -0.4 is 16.0 Å². The van der Waals surface area contributed by atoms with Crippen molar-refractivity contribution in [3.05, 3.63) is 47.0 Å². The minimum atomic E-state index is -0.261.